The van der Waals surface area contributed by atoms with Crippen LogP contribution >= 0.6 is 7.82 Å². The number of carbonyl (C=O) groups is 1. The second-order valence-corrected chi connectivity index (χ2v) is 21.3. The first kappa shape index (κ1) is 63.5. The maximum Gasteiger partial charge on any atom is 0.268 e. The molecule has 0 aliphatic rings. The Labute approximate surface area is 403 Å². The van der Waals surface area contributed by atoms with Gasteiger partial charge in [-0.15, -0.1) is 0 Å². The number of phosphoric ester groups is 1. The molecule has 8 nitrogen and oxygen atoms in total. The van der Waals surface area contributed by atoms with Crippen LogP contribution in [0, 0.1) is 0 Å². The fourth-order valence-corrected chi connectivity index (χ4v) is 8.61. The van der Waals surface area contributed by atoms with Gasteiger partial charge in [0.1, 0.15) is 13.2 Å². The summed E-state index contributed by atoms with van der Waals surface area (Å²) in [6.45, 7) is 4.63. The lowest BCUT2D eigenvalue weighted by molar-refractivity contribution is -0.870. The van der Waals surface area contributed by atoms with Crippen molar-refractivity contribution in [2.24, 2.45) is 0 Å². The first-order chi connectivity index (χ1) is 31.5. The van der Waals surface area contributed by atoms with E-state index in [1.54, 1.807) is 6.08 Å². The van der Waals surface area contributed by atoms with Crippen molar-refractivity contribution >= 4 is 13.7 Å². The van der Waals surface area contributed by atoms with Gasteiger partial charge >= 0.3 is 0 Å². The smallest absolute Gasteiger partial charge is 0.268 e. The highest BCUT2D eigenvalue weighted by Gasteiger charge is 2.23. The summed E-state index contributed by atoms with van der Waals surface area (Å²) in [5.74, 6) is -0.219. The van der Waals surface area contributed by atoms with Gasteiger partial charge in [0, 0.05) is 6.42 Å². The fourth-order valence-electron chi connectivity index (χ4n) is 7.89. The zero-order valence-corrected chi connectivity index (χ0v) is 44.3. The minimum absolute atomic E-state index is 0.0111. The summed E-state index contributed by atoms with van der Waals surface area (Å²) in [5.41, 5.74) is 0. The van der Waals surface area contributed by atoms with Gasteiger partial charge in [-0.25, -0.2) is 0 Å². The Bertz CT molecular complexity index is 1200. The first-order valence-electron chi connectivity index (χ1n) is 27.5. The van der Waals surface area contributed by atoms with Crippen LogP contribution in [0.2, 0.25) is 0 Å². The van der Waals surface area contributed by atoms with E-state index in [1.165, 1.54) is 167 Å². The van der Waals surface area contributed by atoms with Crippen molar-refractivity contribution in [3.63, 3.8) is 0 Å². The van der Waals surface area contributed by atoms with Crippen LogP contribution in [-0.4, -0.2) is 68.5 Å². The van der Waals surface area contributed by atoms with Gasteiger partial charge in [-0.05, 0) is 70.6 Å². The molecule has 1 amide bonds. The molecule has 0 spiro atoms. The molecular weight excluding hydrogens is 828 g/mol. The molecule has 0 aromatic rings. The van der Waals surface area contributed by atoms with Crippen LogP contribution in [0.3, 0.4) is 0 Å². The Hall–Kier alpha value is -1.54. The van der Waals surface area contributed by atoms with Crippen LogP contribution < -0.4 is 10.2 Å². The van der Waals surface area contributed by atoms with Crippen molar-refractivity contribution in [3.8, 4) is 0 Å². The zero-order valence-electron chi connectivity index (χ0n) is 43.4. The molecule has 0 aliphatic heterocycles. The van der Waals surface area contributed by atoms with E-state index in [2.05, 4.69) is 55.6 Å². The SMILES string of the molecule is CCCCCCCCCCC/C=C\CCCCCCCC(=O)NC(COP(=O)([O-])OCC[N+](C)(C)C)C(O)/C=C/CC/C=C/CC/C=C/CCCCCCCCCCCCCCCCC. The molecule has 382 valence electrons. The Kier molecular flexibility index (Phi) is 46.4. The topological polar surface area (TPSA) is 108 Å². The molecular formula is C56H107N2O6P. The van der Waals surface area contributed by atoms with E-state index in [9.17, 15) is 19.4 Å². The third kappa shape index (κ3) is 50.2. The van der Waals surface area contributed by atoms with Gasteiger partial charge in [-0.3, -0.25) is 9.36 Å². The number of phosphoric acid groups is 1. The van der Waals surface area contributed by atoms with Crippen molar-refractivity contribution in [3.05, 3.63) is 48.6 Å². The van der Waals surface area contributed by atoms with E-state index in [-0.39, 0.29) is 12.5 Å². The van der Waals surface area contributed by atoms with Crippen molar-refractivity contribution in [2.75, 3.05) is 40.9 Å². The number of aliphatic hydroxyl groups excluding tert-OH is 1. The summed E-state index contributed by atoms with van der Waals surface area (Å²) >= 11 is 0. The van der Waals surface area contributed by atoms with Crippen LogP contribution in [-0.2, 0) is 18.4 Å². The quantitative estimate of drug-likeness (QED) is 0.0272. The van der Waals surface area contributed by atoms with Crippen LogP contribution in [0.1, 0.15) is 251 Å². The highest BCUT2D eigenvalue weighted by atomic mass is 31.2. The summed E-state index contributed by atoms with van der Waals surface area (Å²) in [4.78, 5) is 25.4. The maximum atomic E-state index is 12.9. The van der Waals surface area contributed by atoms with Gasteiger partial charge in [-0.1, -0.05) is 223 Å². The van der Waals surface area contributed by atoms with Gasteiger partial charge in [0.25, 0.3) is 7.82 Å². The lowest BCUT2D eigenvalue weighted by Gasteiger charge is -2.29. The second-order valence-electron chi connectivity index (χ2n) is 19.9. The molecule has 0 fully saturated rings. The molecule has 0 saturated heterocycles. The van der Waals surface area contributed by atoms with Crippen molar-refractivity contribution < 1.29 is 32.9 Å². The average molecular weight is 935 g/mol. The monoisotopic (exact) mass is 935 g/mol. The van der Waals surface area contributed by atoms with Gasteiger partial charge in [-0.2, -0.15) is 0 Å². The summed E-state index contributed by atoms with van der Waals surface area (Å²) < 4.78 is 23.3. The third-order valence-corrected chi connectivity index (χ3v) is 13.2. The number of likely N-dealkylation sites (N-methyl/N-ethyl adjacent to an activating group) is 1. The molecule has 3 unspecified atom stereocenters. The zero-order chi connectivity index (χ0) is 47.8. The molecule has 0 radical (unpaired) electrons. The van der Waals surface area contributed by atoms with Crippen molar-refractivity contribution in [1.29, 1.82) is 0 Å². The Morgan fingerprint density at radius 1 is 0.523 bits per heavy atom. The highest BCUT2D eigenvalue weighted by Crippen LogP contribution is 2.38. The Balaban J connectivity index is 4.34. The number of rotatable bonds is 50. The Morgan fingerprint density at radius 2 is 0.862 bits per heavy atom. The normalized spacial score (nSPS) is 14.4. The van der Waals surface area contributed by atoms with E-state index in [0.29, 0.717) is 17.4 Å². The number of allylic oxidation sites excluding steroid dienone is 7. The average Bonchev–Trinajstić information content (AvgIpc) is 3.26. The van der Waals surface area contributed by atoms with E-state index in [1.807, 2.05) is 27.2 Å². The summed E-state index contributed by atoms with van der Waals surface area (Å²) in [6.07, 6.45) is 61.9. The third-order valence-electron chi connectivity index (χ3n) is 12.2. The molecule has 3 atom stereocenters. The van der Waals surface area contributed by atoms with Crippen LogP contribution in [0.15, 0.2) is 48.6 Å². The van der Waals surface area contributed by atoms with Gasteiger partial charge in [0.2, 0.25) is 5.91 Å². The molecule has 0 aromatic carbocycles. The molecule has 0 bridgehead atoms. The largest absolute Gasteiger partial charge is 0.756 e. The van der Waals surface area contributed by atoms with Gasteiger partial charge < -0.3 is 28.8 Å². The number of nitrogens with zero attached hydrogens (tertiary/aromatic N) is 1. The van der Waals surface area contributed by atoms with E-state index in [0.717, 1.165) is 64.2 Å². The summed E-state index contributed by atoms with van der Waals surface area (Å²) in [7, 11) is 1.23. The number of hydrogen-bond acceptors (Lipinski definition) is 6. The number of nitrogens with one attached hydrogen (secondary N) is 1. The Morgan fingerprint density at radius 3 is 1.25 bits per heavy atom. The summed E-state index contributed by atoms with van der Waals surface area (Å²) in [5, 5.41) is 13.8. The summed E-state index contributed by atoms with van der Waals surface area (Å²) in [6, 6.07) is -0.915. The fraction of sp³-hybridized carbons (Fsp3) is 0.839. The van der Waals surface area contributed by atoms with Gasteiger partial charge in [0.05, 0.1) is 39.9 Å². The molecule has 0 aliphatic carbocycles. The molecule has 9 heteroatoms. The molecule has 0 heterocycles. The minimum atomic E-state index is -4.61. The van der Waals surface area contributed by atoms with E-state index < -0.39 is 26.6 Å². The molecule has 0 saturated carbocycles. The maximum absolute atomic E-state index is 12.9. The number of unbranched alkanes of at least 4 members (excludes halogenated alkanes) is 31. The predicted octanol–water partition coefficient (Wildman–Crippen LogP) is 15.7. The molecule has 2 N–H and O–H groups in total. The minimum Gasteiger partial charge on any atom is -0.756 e. The molecule has 65 heavy (non-hydrogen) atoms. The predicted molar refractivity (Wildman–Crippen MR) is 279 cm³/mol. The van der Waals surface area contributed by atoms with Crippen molar-refractivity contribution in [1.82, 2.24) is 5.32 Å². The number of hydrogen-bond donors (Lipinski definition) is 2. The highest BCUT2D eigenvalue weighted by molar-refractivity contribution is 7.45. The van der Waals surface area contributed by atoms with Crippen molar-refractivity contribution in [2.45, 2.75) is 264 Å². The number of quaternary nitrogens is 1. The number of carbonyl (C=O) groups excluding carboxylic acids is 1. The number of aliphatic hydroxyl groups is 1. The molecule has 0 rings (SSSR count). The van der Waals surface area contributed by atoms with Crippen LogP contribution in [0.25, 0.3) is 0 Å². The van der Waals surface area contributed by atoms with Crippen LogP contribution in [0.5, 0.6) is 0 Å². The number of amides is 1. The second kappa shape index (κ2) is 47.5. The van der Waals surface area contributed by atoms with Crippen LogP contribution in [0.4, 0.5) is 0 Å². The lowest BCUT2D eigenvalue weighted by atomic mass is 10.0. The lowest BCUT2D eigenvalue weighted by Crippen LogP contribution is -2.45. The van der Waals surface area contributed by atoms with E-state index in [4.69, 9.17) is 9.05 Å². The van der Waals surface area contributed by atoms with E-state index >= 15 is 0 Å². The molecule has 0 aromatic heterocycles. The first-order valence-corrected chi connectivity index (χ1v) is 29.0. The van der Waals surface area contributed by atoms with Gasteiger partial charge in [0.15, 0.2) is 0 Å². The standard InChI is InChI=1S/C56H107N2O6P/c1-6-8-10-12-14-16-18-20-22-24-26-27-28-29-30-31-32-33-35-37-39-41-43-45-47-49-55(59)54(53-64-65(61,62)63-52-51-58(3,4)5)57-56(60)50-48-46-44-42-40-38-36-34-25-23-21-19-17-15-13-11-9-7-2/h32-34,36,39,41,47,49,54-55,59H,6-31,35,37-38,40,42-46,48,50-53H2,1-5H3,(H-,57,60,61,62)/b33-32+,36-34-,41-39+,49-47+.